The minimum Gasteiger partial charge on any atom is -0.496 e. The molecule has 21 heavy (non-hydrogen) atoms. The number of hydrogen-bond donors (Lipinski definition) is 1. The Morgan fingerprint density at radius 2 is 2.24 bits per heavy atom. The number of amides is 1. The summed E-state index contributed by atoms with van der Waals surface area (Å²) in [7, 11) is 1.57. The minimum absolute atomic E-state index is 0.111. The standard InChI is InChI=1S/C16H19N3O2/c1-21-14-5-3-2-4-13(14)16(20)18-9-11-19-10-8-17-15(19)12-6-7-12/h2-5,8,10,12H,6-7,9,11H2,1H3,(H,18,20). The van der Waals surface area contributed by atoms with E-state index in [1.807, 2.05) is 24.5 Å². The first kappa shape index (κ1) is 13.7. The summed E-state index contributed by atoms with van der Waals surface area (Å²) < 4.78 is 7.33. The molecule has 1 aliphatic carbocycles. The highest BCUT2D eigenvalue weighted by Gasteiger charge is 2.27. The van der Waals surface area contributed by atoms with E-state index in [4.69, 9.17) is 4.74 Å². The fourth-order valence-electron chi connectivity index (χ4n) is 2.43. The van der Waals surface area contributed by atoms with Gasteiger partial charge < -0.3 is 14.6 Å². The van der Waals surface area contributed by atoms with Crippen LogP contribution in [0.15, 0.2) is 36.7 Å². The van der Waals surface area contributed by atoms with E-state index < -0.39 is 0 Å². The van der Waals surface area contributed by atoms with Crippen LogP contribution in [0.2, 0.25) is 0 Å². The first-order valence-corrected chi connectivity index (χ1v) is 7.22. The summed E-state index contributed by atoms with van der Waals surface area (Å²) in [5.41, 5.74) is 0.563. The van der Waals surface area contributed by atoms with Gasteiger partial charge in [0.15, 0.2) is 0 Å². The number of hydrogen-bond acceptors (Lipinski definition) is 3. The van der Waals surface area contributed by atoms with Crippen molar-refractivity contribution in [2.45, 2.75) is 25.3 Å². The molecule has 1 heterocycles. The van der Waals surface area contributed by atoms with Crippen LogP contribution in [0.25, 0.3) is 0 Å². The lowest BCUT2D eigenvalue weighted by Crippen LogP contribution is -2.27. The molecule has 5 nitrogen and oxygen atoms in total. The Kier molecular flexibility index (Phi) is 3.90. The van der Waals surface area contributed by atoms with Crippen molar-refractivity contribution in [3.63, 3.8) is 0 Å². The van der Waals surface area contributed by atoms with Gasteiger partial charge in [0, 0.05) is 31.4 Å². The molecule has 1 N–H and O–H groups in total. The Labute approximate surface area is 124 Å². The van der Waals surface area contributed by atoms with Crippen LogP contribution in [0.1, 0.15) is 34.9 Å². The number of carbonyl (C=O) groups excluding carboxylic acids is 1. The van der Waals surface area contributed by atoms with Crippen molar-refractivity contribution in [1.29, 1.82) is 0 Å². The zero-order valence-electron chi connectivity index (χ0n) is 12.1. The Hall–Kier alpha value is -2.30. The minimum atomic E-state index is -0.111. The SMILES string of the molecule is COc1ccccc1C(=O)NCCn1ccnc1C1CC1. The first-order valence-electron chi connectivity index (χ1n) is 7.22. The summed E-state index contributed by atoms with van der Waals surface area (Å²) in [6.45, 7) is 1.32. The van der Waals surface area contributed by atoms with E-state index in [1.165, 1.54) is 12.8 Å². The van der Waals surface area contributed by atoms with E-state index in [1.54, 1.807) is 19.2 Å². The summed E-state index contributed by atoms with van der Waals surface area (Å²) in [5.74, 6) is 2.24. The number of rotatable bonds is 6. The summed E-state index contributed by atoms with van der Waals surface area (Å²) in [5, 5.41) is 2.93. The van der Waals surface area contributed by atoms with E-state index in [2.05, 4.69) is 14.9 Å². The van der Waals surface area contributed by atoms with Crippen LogP contribution in [0.5, 0.6) is 5.75 Å². The summed E-state index contributed by atoms with van der Waals surface area (Å²) in [4.78, 5) is 16.6. The number of benzene rings is 1. The van der Waals surface area contributed by atoms with Gasteiger partial charge in [0.25, 0.3) is 5.91 Å². The molecule has 1 fully saturated rings. The third-order valence-electron chi connectivity index (χ3n) is 3.68. The summed E-state index contributed by atoms with van der Waals surface area (Å²) in [6, 6.07) is 7.23. The van der Waals surface area contributed by atoms with Gasteiger partial charge in [-0.1, -0.05) is 12.1 Å². The average molecular weight is 285 g/mol. The molecule has 1 aromatic carbocycles. The molecule has 5 heteroatoms. The van der Waals surface area contributed by atoms with Crippen molar-refractivity contribution in [2.24, 2.45) is 0 Å². The number of ether oxygens (including phenoxy) is 1. The lowest BCUT2D eigenvalue weighted by Gasteiger charge is -2.10. The predicted molar refractivity (Wildman–Crippen MR) is 79.5 cm³/mol. The maximum Gasteiger partial charge on any atom is 0.255 e. The Balaban J connectivity index is 1.57. The van der Waals surface area contributed by atoms with Crippen LogP contribution >= 0.6 is 0 Å². The fraction of sp³-hybridized carbons (Fsp3) is 0.375. The summed E-state index contributed by atoms with van der Waals surface area (Å²) in [6.07, 6.45) is 6.26. The van der Waals surface area contributed by atoms with Crippen LogP contribution in [-0.2, 0) is 6.54 Å². The number of imidazole rings is 1. The molecular weight excluding hydrogens is 266 g/mol. The van der Waals surface area contributed by atoms with Gasteiger partial charge in [-0.05, 0) is 25.0 Å². The molecule has 0 spiro atoms. The Morgan fingerprint density at radius 3 is 3.00 bits per heavy atom. The third kappa shape index (κ3) is 3.07. The topological polar surface area (TPSA) is 56.1 Å². The number of aromatic nitrogens is 2. The molecular formula is C16H19N3O2. The predicted octanol–water partition coefficient (Wildman–Crippen LogP) is 2.20. The van der Waals surface area contributed by atoms with Crippen LogP contribution in [0, 0.1) is 0 Å². The van der Waals surface area contributed by atoms with Gasteiger partial charge in [-0.2, -0.15) is 0 Å². The third-order valence-corrected chi connectivity index (χ3v) is 3.68. The van der Waals surface area contributed by atoms with Crippen LogP contribution in [0.4, 0.5) is 0 Å². The molecule has 3 rings (SSSR count). The maximum atomic E-state index is 12.2. The van der Waals surface area contributed by atoms with Crippen molar-refractivity contribution in [2.75, 3.05) is 13.7 Å². The van der Waals surface area contributed by atoms with Crippen LogP contribution in [0.3, 0.4) is 0 Å². The fourth-order valence-corrected chi connectivity index (χ4v) is 2.43. The Morgan fingerprint density at radius 1 is 1.43 bits per heavy atom. The van der Waals surface area contributed by atoms with Gasteiger partial charge in [-0.3, -0.25) is 4.79 Å². The molecule has 2 aromatic rings. The molecule has 1 aliphatic rings. The van der Waals surface area contributed by atoms with Crippen molar-refractivity contribution >= 4 is 5.91 Å². The van der Waals surface area contributed by atoms with E-state index in [0.717, 1.165) is 12.4 Å². The van der Waals surface area contributed by atoms with E-state index >= 15 is 0 Å². The molecule has 0 saturated heterocycles. The smallest absolute Gasteiger partial charge is 0.255 e. The number of nitrogens with zero attached hydrogens (tertiary/aromatic N) is 2. The quantitative estimate of drug-likeness (QED) is 0.885. The van der Waals surface area contributed by atoms with Gasteiger partial charge in [0.05, 0.1) is 12.7 Å². The highest BCUT2D eigenvalue weighted by molar-refractivity contribution is 5.96. The van der Waals surface area contributed by atoms with Crippen molar-refractivity contribution in [1.82, 2.24) is 14.9 Å². The van der Waals surface area contributed by atoms with Gasteiger partial charge in [-0.25, -0.2) is 4.98 Å². The van der Waals surface area contributed by atoms with E-state index in [0.29, 0.717) is 23.8 Å². The molecule has 0 aliphatic heterocycles. The lowest BCUT2D eigenvalue weighted by molar-refractivity contribution is 0.0949. The molecule has 0 bridgehead atoms. The van der Waals surface area contributed by atoms with Crippen LogP contribution < -0.4 is 10.1 Å². The number of para-hydroxylation sites is 1. The molecule has 1 aromatic heterocycles. The monoisotopic (exact) mass is 285 g/mol. The second-order valence-corrected chi connectivity index (χ2v) is 5.21. The van der Waals surface area contributed by atoms with Gasteiger partial charge >= 0.3 is 0 Å². The maximum absolute atomic E-state index is 12.2. The molecule has 110 valence electrons. The first-order chi connectivity index (χ1) is 10.3. The number of nitrogens with one attached hydrogen (secondary N) is 1. The van der Waals surface area contributed by atoms with E-state index in [-0.39, 0.29) is 5.91 Å². The van der Waals surface area contributed by atoms with Gasteiger partial charge in [0.2, 0.25) is 0 Å². The zero-order valence-corrected chi connectivity index (χ0v) is 12.1. The molecule has 1 amide bonds. The Bertz CT molecular complexity index is 632. The molecule has 0 unspecified atom stereocenters. The van der Waals surface area contributed by atoms with Gasteiger partial charge in [-0.15, -0.1) is 0 Å². The highest BCUT2D eigenvalue weighted by atomic mass is 16.5. The average Bonchev–Trinajstić information content (AvgIpc) is 3.26. The van der Waals surface area contributed by atoms with E-state index in [9.17, 15) is 4.79 Å². The molecule has 0 radical (unpaired) electrons. The van der Waals surface area contributed by atoms with Crippen molar-refractivity contribution < 1.29 is 9.53 Å². The second kappa shape index (κ2) is 5.99. The summed E-state index contributed by atoms with van der Waals surface area (Å²) >= 11 is 0. The molecule has 0 atom stereocenters. The van der Waals surface area contributed by atoms with Crippen molar-refractivity contribution in [3.05, 3.63) is 48.0 Å². The lowest BCUT2D eigenvalue weighted by atomic mass is 10.2. The highest BCUT2D eigenvalue weighted by Crippen LogP contribution is 2.38. The molecule has 1 saturated carbocycles. The van der Waals surface area contributed by atoms with Gasteiger partial charge in [0.1, 0.15) is 11.6 Å². The normalized spacial score (nSPS) is 14.0. The van der Waals surface area contributed by atoms with Crippen molar-refractivity contribution in [3.8, 4) is 5.75 Å². The number of carbonyl (C=O) groups is 1. The zero-order chi connectivity index (χ0) is 14.7. The largest absolute Gasteiger partial charge is 0.496 e. The number of methoxy groups -OCH3 is 1. The van der Waals surface area contributed by atoms with Crippen LogP contribution in [-0.4, -0.2) is 29.1 Å². The second-order valence-electron chi connectivity index (χ2n) is 5.21.